The molecule has 0 spiro atoms. The fourth-order valence-corrected chi connectivity index (χ4v) is 0.890. The average Bonchev–Trinajstić information content (AvgIpc) is 2.46. The number of carbonyl (C=O) groups is 1. The number of carboxylic acids is 1. The van der Waals surface area contributed by atoms with E-state index in [4.69, 9.17) is 14.3 Å². The molecule has 0 aliphatic carbocycles. The van der Waals surface area contributed by atoms with E-state index in [-0.39, 0.29) is 17.8 Å². The highest BCUT2D eigenvalue weighted by Crippen LogP contribution is 2.18. The highest BCUT2D eigenvalue weighted by Gasteiger charge is 2.19. The van der Waals surface area contributed by atoms with Crippen molar-refractivity contribution < 1.29 is 19.1 Å². The molecule has 0 aliphatic rings. The predicted octanol–water partition coefficient (Wildman–Crippen LogP) is 1.39. The Hall–Kier alpha value is -1.36. The molecule has 1 N–H and O–H groups in total. The summed E-state index contributed by atoms with van der Waals surface area (Å²) in [6.45, 7) is 3.32. The molecule has 0 fully saturated rings. The summed E-state index contributed by atoms with van der Waals surface area (Å²) >= 11 is 0. The van der Waals surface area contributed by atoms with E-state index >= 15 is 0 Å². The van der Waals surface area contributed by atoms with Crippen molar-refractivity contribution in [2.45, 2.75) is 20.0 Å². The lowest BCUT2D eigenvalue weighted by Gasteiger charge is -2.01. The van der Waals surface area contributed by atoms with E-state index in [0.717, 1.165) is 0 Å². The molecule has 0 saturated carbocycles. The minimum Gasteiger partial charge on any atom is -0.475 e. The van der Waals surface area contributed by atoms with Crippen LogP contribution >= 0.6 is 0 Å². The minimum absolute atomic E-state index is 0.126. The first kappa shape index (κ1) is 9.73. The summed E-state index contributed by atoms with van der Waals surface area (Å²) in [5.41, 5.74) is 0.367. The molecule has 5 heteroatoms. The first-order valence-corrected chi connectivity index (χ1v) is 3.79. The molecule has 13 heavy (non-hydrogen) atoms. The lowest BCUT2D eigenvalue weighted by atomic mass is 10.4. The monoisotopic (exact) mass is 185 g/mol. The van der Waals surface area contributed by atoms with Crippen LogP contribution in [0.2, 0.25) is 0 Å². The van der Waals surface area contributed by atoms with Crippen molar-refractivity contribution >= 4 is 5.97 Å². The fraction of sp³-hybridized carbons (Fsp3) is 0.500. The Morgan fingerprint density at radius 1 is 1.69 bits per heavy atom. The average molecular weight is 185 g/mol. The summed E-state index contributed by atoms with van der Waals surface area (Å²) in [5.74, 6) is -0.948. The highest BCUT2D eigenvalue weighted by atomic mass is 16.5. The van der Waals surface area contributed by atoms with Crippen molar-refractivity contribution in [1.82, 2.24) is 4.98 Å². The number of ether oxygens (including phenoxy) is 1. The Labute approximate surface area is 75.3 Å². The topological polar surface area (TPSA) is 72.6 Å². The van der Waals surface area contributed by atoms with E-state index in [1.807, 2.05) is 0 Å². The smallest absolute Gasteiger partial charge is 0.373 e. The summed E-state index contributed by atoms with van der Waals surface area (Å²) in [6.07, 6.45) is -0.327. The zero-order chi connectivity index (χ0) is 10.0. The van der Waals surface area contributed by atoms with Crippen LogP contribution in [0, 0.1) is 6.92 Å². The van der Waals surface area contributed by atoms with Crippen LogP contribution in [0.15, 0.2) is 4.42 Å². The lowest BCUT2D eigenvalue weighted by molar-refractivity contribution is 0.0635. The van der Waals surface area contributed by atoms with Crippen molar-refractivity contribution in [3.8, 4) is 0 Å². The zero-order valence-corrected chi connectivity index (χ0v) is 7.70. The van der Waals surface area contributed by atoms with Crippen LogP contribution in [0.5, 0.6) is 0 Å². The number of oxazole rings is 1. The number of rotatable bonds is 3. The second-order valence-corrected chi connectivity index (χ2v) is 2.65. The number of aromatic nitrogens is 1. The van der Waals surface area contributed by atoms with Crippen LogP contribution in [0.4, 0.5) is 0 Å². The number of hydrogen-bond donors (Lipinski definition) is 1. The molecule has 1 rings (SSSR count). The molecular formula is C8H11NO4. The van der Waals surface area contributed by atoms with Gasteiger partial charge in [-0.15, -0.1) is 0 Å². The van der Waals surface area contributed by atoms with Crippen molar-refractivity contribution in [2.24, 2.45) is 0 Å². The molecule has 0 aromatic carbocycles. The third kappa shape index (κ3) is 1.86. The van der Waals surface area contributed by atoms with Gasteiger partial charge in [0.15, 0.2) is 0 Å². The van der Waals surface area contributed by atoms with Gasteiger partial charge in [0, 0.05) is 7.11 Å². The number of hydrogen-bond acceptors (Lipinski definition) is 4. The Bertz CT molecular complexity index is 318. The molecule has 1 atom stereocenters. The van der Waals surface area contributed by atoms with Gasteiger partial charge in [-0.3, -0.25) is 0 Å². The van der Waals surface area contributed by atoms with Gasteiger partial charge in [-0.1, -0.05) is 0 Å². The molecule has 0 aliphatic heterocycles. The normalized spacial score (nSPS) is 12.8. The SMILES string of the molecule is COC(C)c1nc(C)c(C(=O)O)o1. The van der Waals surface area contributed by atoms with E-state index in [2.05, 4.69) is 4.98 Å². The Kier molecular flexibility index (Phi) is 2.67. The van der Waals surface area contributed by atoms with Crippen LogP contribution < -0.4 is 0 Å². The predicted molar refractivity (Wildman–Crippen MR) is 43.6 cm³/mol. The molecule has 1 heterocycles. The second kappa shape index (κ2) is 3.57. The zero-order valence-electron chi connectivity index (χ0n) is 7.70. The Morgan fingerprint density at radius 2 is 2.31 bits per heavy atom. The van der Waals surface area contributed by atoms with Gasteiger partial charge < -0.3 is 14.3 Å². The number of aryl methyl sites for hydroxylation is 1. The largest absolute Gasteiger partial charge is 0.475 e. The molecule has 0 radical (unpaired) electrons. The van der Waals surface area contributed by atoms with E-state index < -0.39 is 5.97 Å². The molecule has 1 aromatic rings. The van der Waals surface area contributed by atoms with Crippen LogP contribution in [-0.2, 0) is 4.74 Å². The lowest BCUT2D eigenvalue weighted by Crippen LogP contribution is -1.96. The molecule has 0 amide bonds. The maximum absolute atomic E-state index is 10.6. The second-order valence-electron chi connectivity index (χ2n) is 2.65. The van der Waals surface area contributed by atoms with Crippen molar-refractivity contribution in [3.05, 3.63) is 17.3 Å². The van der Waals surface area contributed by atoms with Crippen molar-refractivity contribution in [3.63, 3.8) is 0 Å². The van der Waals surface area contributed by atoms with Crippen molar-refractivity contribution in [1.29, 1.82) is 0 Å². The standard InChI is InChI=1S/C8H11NO4/c1-4-6(8(10)11)13-7(9-4)5(2)12-3/h5H,1-3H3,(H,10,11). The Balaban J connectivity index is 3.01. The summed E-state index contributed by atoms with van der Waals surface area (Å²) in [4.78, 5) is 14.5. The number of methoxy groups -OCH3 is 1. The van der Waals surface area contributed by atoms with Gasteiger partial charge in [0.2, 0.25) is 11.7 Å². The Morgan fingerprint density at radius 3 is 2.69 bits per heavy atom. The summed E-state index contributed by atoms with van der Waals surface area (Å²) in [6, 6.07) is 0. The molecule has 5 nitrogen and oxygen atoms in total. The maximum atomic E-state index is 10.6. The first-order valence-electron chi connectivity index (χ1n) is 3.79. The molecule has 0 bridgehead atoms. The van der Waals surface area contributed by atoms with Crippen LogP contribution in [0.1, 0.15) is 35.2 Å². The van der Waals surface area contributed by atoms with Gasteiger partial charge in [0.25, 0.3) is 0 Å². The van der Waals surface area contributed by atoms with E-state index in [1.165, 1.54) is 7.11 Å². The van der Waals surface area contributed by atoms with E-state index in [0.29, 0.717) is 5.69 Å². The van der Waals surface area contributed by atoms with Gasteiger partial charge in [0.05, 0.1) is 5.69 Å². The minimum atomic E-state index is -1.11. The molecule has 1 unspecified atom stereocenters. The molecule has 72 valence electrons. The number of carboxylic acid groups (broad SMARTS) is 1. The van der Waals surface area contributed by atoms with Crippen LogP contribution in [0.25, 0.3) is 0 Å². The molecule has 0 saturated heterocycles. The molecular weight excluding hydrogens is 174 g/mol. The number of nitrogens with zero attached hydrogens (tertiary/aromatic N) is 1. The quantitative estimate of drug-likeness (QED) is 0.770. The molecule has 1 aromatic heterocycles. The maximum Gasteiger partial charge on any atom is 0.373 e. The highest BCUT2D eigenvalue weighted by molar-refractivity contribution is 5.85. The van der Waals surface area contributed by atoms with E-state index in [1.54, 1.807) is 13.8 Å². The van der Waals surface area contributed by atoms with Crippen molar-refractivity contribution in [2.75, 3.05) is 7.11 Å². The van der Waals surface area contributed by atoms with Gasteiger partial charge >= 0.3 is 5.97 Å². The van der Waals surface area contributed by atoms with Gasteiger partial charge in [-0.05, 0) is 13.8 Å². The van der Waals surface area contributed by atoms with Crippen LogP contribution in [0.3, 0.4) is 0 Å². The van der Waals surface area contributed by atoms with Gasteiger partial charge in [-0.25, -0.2) is 9.78 Å². The number of aromatic carboxylic acids is 1. The fourth-order valence-electron chi connectivity index (χ4n) is 0.890. The summed E-state index contributed by atoms with van der Waals surface area (Å²) in [7, 11) is 1.50. The summed E-state index contributed by atoms with van der Waals surface area (Å²) in [5, 5.41) is 8.66. The van der Waals surface area contributed by atoms with Gasteiger partial charge in [0.1, 0.15) is 6.10 Å². The third-order valence-corrected chi connectivity index (χ3v) is 1.71. The first-order chi connectivity index (χ1) is 6.06. The van der Waals surface area contributed by atoms with Crippen LogP contribution in [-0.4, -0.2) is 23.2 Å². The third-order valence-electron chi connectivity index (χ3n) is 1.71. The summed E-state index contributed by atoms with van der Waals surface area (Å²) < 4.78 is 9.93. The van der Waals surface area contributed by atoms with E-state index in [9.17, 15) is 4.79 Å². The van der Waals surface area contributed by atoms with Gasteiger partial charge in [-0.2, -0.15) is 0 Å².